The van der Waals surface area contributed by atoms with E-state index in [1.165, 1.54) is 5.56 Å². The molecule has 1 amide bonds. The lowest BCUT2D eigenvalue weighted by Crippen LogP contribution is -2.39. The van der Waals surface area contributed by atoms with Gasteiger partial charge in [0.05, 0.1) is 6.54 Å². The summed E-state index contributed by atoms with van der Waals surface area (Å²) in [5.41, 5.74) is 7.19. The third-order valence-corrected chi connectivity index (χ3v) is 4.11. The molecule has 3 rings (SSSR count). The van der Waals surface area contributed by atoms with Crippen LogP contribution in [0.25, 0.3) is 0 Å². The predicted molar refractivity (Wildman–Crippen MR) is 89.3 cm³/mol. The average Bonchev–Trinajstić information content (AvgIpc) is 3.09. The van der Waals surface area contributed by atoms with E-state index in [-0.39, 0.29) is 36.8 Å². The fourth-order valence-electron chi connectivity index (χ4n) is 2.83. The van der Waals surface area contributed by atoms with Crippen LogP contribution < -0.4 is 11.1 Å². The van der Waals surface area contributed by atoms with Crippen molar-refractivity contribution in [3.63, 3.8) is 0 Å². The summed E-state index contributed by atoms with van der Waals surface area (Å²) in [6.45, 7) is 1.97. The molecule has 6 heteroatoms. The molecular weight excluding hydrogens is 309 g/mol. The number of halogens is 2. The van der Waals surface area contributed by atoms with Gasteiger partial charge in [0.1, 0.15) is 0 Å². The maximum Gasteiger partial charge on any atom is 0.236 e. The van der Waals surface area contributed by atoms with Crippen molar-refractivity contribution >= 4 is 30.7 Å². The molecule has 1 aromatic carbocycles. The Hall–Kier alpha value is -0.810. The van der Waals surface area contributed by atoms with E-state index in [0.717, 1.165) is 19.4 Å². The topological polar surface area (TPSA) is 58.4 Å². The normalized spacial score (nSPS) is 26.7. The quantitative estimate of drug-likeness (QED) is 0.879. The first-order valence-corrected chi connectivity index (χ1v) is 7.05. The number of carbonyl (C=O) groups excluding carboxylic acids is 1. The lowest BCUT2D eigenvalue weighted by Gasteiger charge is -2.16. The van der Waals surface area contributed by atoms with E-state index in [0.29, 0.717) is 25.0 Å². The highest BCUT2D eigenvalue weighted by atomic mass is 35.5. The van der Waals surface area contributed by atoms with E-state index < -0.39 is 0 Å². The molecule has 4 nitrogen and oxygen atoms in total. The summed E-state index contributed by atoms with van der Waals surface area (Å²) in [5, 5.41) is 3.36. The van der Waals surface area contributed by atoms with E-state index in [2.05, 4.69) is 29.6 Å². The second kappa shape index (κ2) is 7.99. The number of nitrogens with one attached hydrogen (secondary N) is 1. The Labute approximate surface area is 138 Å². The number of likely N-dealkylation sites (tertiary alicyclic amines) is 1. The summed E-state index contributed by atoms with van der Waals surface area (Å²) in [6.07, 6.45) is 2.07. The molecule has 3 N–H and O–H groups in total. The zero-order valence-electron chi connectivity index (χ0n) is 11.9. The molecule has 0 spiro atoms. The first-order valence-electron chi connectivity index (χ1n) is 7.05. The summed E-state index contributed by atoms with van der Waals surface area (Å²) in [4.78, 5) is 13.8. The molecule has 1 heterocycles. The minimum atomic E-state index is 0. The molecule has 3 atom stereocenters. The van der Waals surface area contributed by atoms with E-state index >= 15 is 0 Å². The van der Waals surface area contributed by atoms with Crippen molar-refractivity contribution in [2.75, 3.05) is 19.6 Å². The van der Waals surface area contributed by atoms with Gasteiger partial charge in [0.25, 0.3) is 0 Å². The van der Waals surface area contributed by atoms with Gasteiger partial charge in [-0.25, -0.2) is 0 Å². The minimum absolute atomic E-state index is 0. The van der Waals surface area contributed by atoms with Gasteiger partial charge in [0, 0.05) is 31.1 Å². The zero-order chi connectivity index (χ0) is 13.2. The van der Waals surface area contributed by atoms with Crippen LogP contribution in [-0.2, 0) is 4.79 Å². The number of hydrogen-bond acceptors (Lipinski definition) is 3. The maximum atomic E-state index is 12.0. The van der Waals surface area contributed by atoms with Crippen LogP contribution in [0.15, 0.2) is 30.3 Å². The number of nitrogens with two attached hydrogens (primary N) is 1. The van der Waals surface area contributed by atoms with Crippen molar-refractivity contribution < 1.29 is 4.79 Å². The molecule has 2 aliphatic rings. The Morgan fingerprint density at radius 3 is 2.62 bits per heavy atom. The van der Waals surface area contributed by atoms with Gasteiger partial charge in [0.2, 0.25) is 5.91 Å². The summed E-state index contributed by atoms with van der Waals surface area (Å²) in [5.74, 6) is 0.765. The Kier molecular flexibility index (Phi) is 6.94. The minimum Gasteiger partial charge on any atom is -0.340 e. The molecule has 0 radical (unpaired) electrons. The fraction of sp³-hybridized carbons (Fsp3) is 0.533. The van der Waals surface area contributed by atoms with Crippen LogP contribution in [0.2, 0.25) is 0 Å². The molecule has 118 valence electrons. The number of nitrogens with zero attached hydrogens (tertiary/aromatic N) is 1. The highest BCUT2D eigenvalue weighted by Crippen LogP contribution is 2.40. The van der Waals surface area contributed by atoms with Crippen LogP contribution in [0.4, 0.5) is 0 Å². The fourth-order valence-corrected chi connectivity index (χ4v) is 2.83. The summed E-state index contributed by atoms with van der Waals surface area (Å²) < 4.78 is 0. The zero-order valence-corrected chi connectivity index (χ0v) is 13.5. The number of carbonyl (C=O) groups is 1. The Balaban J connectivity index is 0.00000110. The number of rotatable bonds is 4. The second-order valence-corrected chi connectivity index (χ2v) is 5.63. The van der Waals surface area contributed by atoms with E-state index in [4.69, 9.17) is 5.73 Å². The Bertz CT molecular complexity index is 457. The summed E-state index contributed by atoms with van der Waals surface area (Å²) in [6, 6.07) is 11.1. The second-order valence-electron chi connectivity index (χ2n) is 5.63. The molecule has 1 saturated carbocycles. The van der Waals surface area contributed by atoms with Gasteiger partial charge in [-0.05, 0) is 18.4 Å². The molecule has 1 aliphatic heterocycles. The SMILES string of the molecule is Cl.Cl.NC1CCN(C(=O)CNC2CC2c2ccccc2)C1. The van der Waals surface area contributed by atoms with Gasteiger partial charge >= 0.3 is 0 Å². The standard InChI is InChI=1S/C15H21N3O.2ClH/c16-12-6-7-18(10-12)15(19)9-17-14-8-13(14)11-4-2-1-3-5-11;;/h1-5,12-14,17H,6-10,16H2;2*1H. The molecule has 1 aliphatic carbocycles. The van der Waals surface area contributed by atoms with Crippen molar-refractivity contribution in [1.82, 2.24) is 10.2 Å². The molecule has 0 bridgehead atoms. The maximum absolute atomic E-state index is 12.0. The highest BCUT2D eigenvalue weighted by molar-refractivity contribution is 5.85. The van der Waals surface area contributed by atoms with Crippen molar-refractivity contribution in [1.29, 1.82) is 0 Å². The van der Waals surface area contributed by atoms with Crippen LogP contribution in [0.3, 0.4) is 0 Å². The molecule has 3 unspecified atom stereocenters. The summed E-state index contributed by atoms with van der Waals surface area (Å²) >= 11 is 0. The number of benzene rings is 1. The molecule has 1 saturated heterocycles. The molecule has 2 fully saturated rings. The van der Waals surface area contributed by atoms with Crippen molar-refractivity contribution in [2.45, 2.75) is 30.8 Å². The van der Waals surface area contributed by atoms with Crippen LogP contribution in [0.5, 0.6) is 0 Å². The third kappa shape index (κ3) is 4.58. The van der Waals surface area contributed by atoms with Gasteiger partial charge in [0.15, 0.2) is 0 Å². The van der Waals surface area contributed by atoms with E-state index in [1.54, 1.807) is 0 Å². The smallest absolute Gasteiger partial charge is 0.236 e. The summed E-state index contributed by atoms with van der Waals surface area (Å²) in [7, 11) is 0. The first kappa shape index (κ1) is 18.2. The van der Waals surface area contributed by atoms with E-state index in [1.807, 2.05) is 11.0 Å². The van der Waals surface area contributed by atoms with Crippen molar-refractivity contribution in [3.05, 3.63) is 35.9 Å². The van der Waals surface area contributed by atoms with Crippen molar-refractivity contribution in [3.8, 4) is 0 Å². The lowest BCUT2D eigenvalue weighted by atomic mass is 10.1. The van der Waals surface area contributed by atoms with Gasteiger partial charge in [-0.2, -0.15) is 0 Å². The van der Waals surface area contributed by atoms with Crippen LogP contribution >= 0.6 is 24.8 Å². The van der Waals surface area contributed by atoms with E-state index in [9.17, 15) is 4.79 Å². The van der Waals surface area contributed by atoms with Gasteiger partial charge in [-0.3, -0.25) is 4.79 Å². The highest BCUT2D eigenvalue weighted by Gasteiger charge is 2.38. The lowest BCUT2D eigenvalue weighted by molar-refractivity contribution is -0.129. The van der Waals surface area contributed by atoms with Crippen LogP contribution in [0.1, 0.15) is 24.3 Å². The first-order chi connectivity index (χ1) is 9.24. The molecule has 21 heavy (non-hydrogen) atoms. The largest absolute Gasteiger partial charge is 0.340 e. The van der Waals surface area contributed by atoms with Gasteiger partial charge < -0.3 is 16.0 Å². The number of hydrogen-bond donors (Lipinski definition) is 2. The molecule has 0 aromatic heterocycles. The van der Waals surface area contributed by atoms with Gasteiger partial charge in [-0.1, -0.05) is 30.3 Å². The van der Waals surface area contributed by atoms with Gasteiger partial charge in [-0.15, -0.1) is 24.8 Å². The molecular formula is C15H23Cl2N3O. The predicted octanol–water partition coefficient (Wildman–Crippen LogP) is 1.54. The van der Waals surface area contributed by atoms with Crippen LogP contribution in [-0.4, -0.2) is 42.5 Å². The third-order valence-electron chi connectivity index (χ3n) is 4.11. The van der Waals surface area contributed by atoms with Crippen molar-refractivity contribution in [2.24, 2.45) is 5.73 Å². The Morgan fingerprint density at radius 1 is 1.29 bits per heavy atom. The Morgan fingerprint density at radius 2 is 2.00 bits per heavy atom. The average molecular weight is 332 g/mol. The molecule has 1 aromatic rings. The number of amides is 1. The van der Waals surface area contributed by atoms with Crippen LogP contribution in [0, 0.1) is 0 Å². The monoisotopic (exact) mass is 331 g/mol.